The van der Waals surface area contributed by atoms with E-state index < -0.39 is 16.3 Å². The molecule has 0 bridgehead atoms. The zero-order valence-corrected chi connectivity index (χ0v) is 25.1. The number of hydrogen-bond acceptors (Lipinski definition) is 6. The van der Waals surface area contributed by atoms with Gasteiger partial charge in [-0.25, -0.2) is 13.1 Å². The molecule has 0 spiro atoms. The first-order valence-electron chi connectivity index (χ1n) is 14.9. The molecule has 224 valence electrons. The van der Waals surface area contributed by atoms with Crippen LogP contribution in [0.2, 0.25) is 0 Å². The molecule has 1 aliphatic heterocycles. The number of ether oxygens (including phenoxy) is 2. The predicted octanol–water partition coefficient (Wildman–Crippen LogP) is 5.88. The maximum absolute atomic E-state index is 12.7. The molecule has 8 heteroatoms. The van der Waals surface area contributed by atoms with Gasteiger partial charge < -0.3 is 14.6 Å². The quantitative estimate of drug-likeness (QED) is 0.256. The van der Waals surface area contributed by atoms with Gasteiger partial charge in [-0.2, -0.15) is 0 Å². The van der Waals surface area contributed by atoms with Gasteiger partial charge in [0.1, 0.15) is 0 Å². The third kappa shape index (κ3) is 7.37. The Morgan fingerprint density at radius 1 is 0.929 bits per heavy atom. The Kier molecular flexibility index (Phi) is 10.3. The zero-order valence-electron chi connectivity index (χ0n) is 24.3. The van der Waals surface area contributed by atoms with Crippen molar-refractivity contribution in [3.63, 3.8) is 0 Å². The molecule has 1 heterocycles. The summed E-state index contributed by atoms with van der Waals surface area (Å²) in [5.74, 6) is 0.0987. The molecule has 2 N–H and O–H groups in total. The van der Waals surface area contributed by atoms with E-state index in [0.29, 0.717) is 6.04 Å². The van der Waals surface area contributed by atoms with E-state index in [1.807, 2.05) is 54.6 Å². The number of benzene rings is 3. The highest BCUT2D eigenvalue weighted by Crippen LogP contribution is 2.42. The van der Waals surface area contributed by atoms with Gasteiger partial charge in [0.2, 0.25) is 10.0 Å². The van der Waals surface area contributed by atoms with Crippen LogP contribution >= 0.6 is 0 Å². The van der Waals surface area contributed by atoms with E-state index in [9.17, 15) is 13.5 Å². The predicted molar refractivity (Wildman–Crippen MR) is 164 cm³/mol. The Labute approximate surface area is 250 Å². The topological polar surface area (TPSA) is 88.1 Å². The lowest BCUT2D eigenvalue weighted by Gasteiger charge is -2.43. The summed E-state index contributed by atoms with van der Waals surface area (Å²) in [6.07, 6.45) is 6.09. The fraction of sp³-hybridized carbons (Fsp3) is 0.412. The fourth-order valence-corrected chi connectivity index (χ4v) is 7.06. The number of aliphatic hydroxyl groups is 1. The molecule has 42 heavy (non-hydrogen) atoms. The van der Waals surface area contributed by atoms with Crippen molar-refractivity contribution in [2.75, 3.05) is 13.1 Å². The number of sulfonamides is 1. The molecule has 2 aliphatic rings. The van der Waals surface area contributed by atoms with E-state index in [1.165, 1.54) is 25.7 Å². The van der Waals surface area contributed by atoms with E-state index in [-0.39, 0.29) is 36.2 Å². The minimum atomic E-state index is -3.60. The lowest BCUT2D eigenvalue weighted by atomic mass is 9.89. The minimum Gasteiger partial charge on any atom is -0.392 e. The molecule has 4 atom stereocenters. The maximum atomic E-state index is 12.7. The van der Waals surface area contributed by atoms with E-state index in [4.69, 9.17) is 9.47 Å². The van der Waals surface area contributed by atoms with E-state index in [1.54, 1.807) is 30.3 Å². The van der Waals surface area contributed by atoms with E-state index in [2.05, 4.69) is 23.1 Å². The summed E-state index contributed by atoms with van der Waals surface area (Å²) in [6, 6.07) is 24.6. The molecule has 1 saturated carbocycles. The van der Waals surface area contributed by atoms with Gasteiger partial charge in [-0.3, -0.25) is 4.90 Å². The van der Waals surface area contributed by atoms with Crippen molar-refractivity contribution in [1.29, 1.82) is 0 Å². The third-order valence-electron chi connectivity index (χ3n) is 8.51. The van der Waals surface area contributed by atoms with E-state index in [0.717, 1.165) is 35.3 Å². The first kappa shape index (κ1) is 30.6. The molecule has 2 fully saturated rings. The van der Waals surface area contributed by atoms with Crippen molar-refractivity contribution in [1.82, 2.24) is 9.62 Å². The highest BCUT2D eigenvalue weighted by molar-refractivity contribution is 7.89. The van der Waals surface area contributed by atoms with Crippen LogP contribution in [-0.2, 0) is 32.6 Å². The van der Waals surface area contributed by atoms with Gasteiger partial charge in [0, 0.05) is 37.2 Å². The zero-order chi connectivity index (χ0) is 29.5. The highest BCUT2D eigenvalue weighted by atomic mass is 32.2. The molecule has 3 aromatic carbocycles. The molecule has 3 aromatic rings. The Morgan fingerprint density at radius 3 is 2.21 bits per heavy atom. The molecule has 0 aromatic heterocycles. The summed E-state index contributed by atoms with van der Waals surface area (Å²) >= 11 is 0. The highest BCUT2D eigenvalue weighted by Gasteiger charge is 2.40. The van der Waals surface area contributed by atoms with Gasteiger partial charge in [0.25, 0.3) is 0 Å². The van der Waals surface area contributed by atoms with Crippen molar-refractivity contribution in [2.24, 2.45) is 5.92 Å². The fourth-order valence-electron chi connectivity index (χ4n) is 6.02. The first-order valence-corrected chi connectivity index (χ1v) is 16.4. The monoisotopic (exact) mass is 590 g/mol. The van der Waals surface area contributed by atoms with E-state index >= 15 is 0 Å². The Morgan fingerprint density at radius 2 is 1.57 bits per heavy atom. The second kappa shape index (κ2) is 14.1. The average Bonchev–Trinajstić information content (AvgIpc) is 3.57. The summed E-state index contributed by atoms with van der Waals surface area (Å²) in [4.78, 5) is 2.75. The lowest BCUT2D eigenvalue weighted by molar-refractivity contribution is -0.276. The number of nitrogens with zero attached hydrogens (tertiary/aromatic N) is 1. The largest absolute Gasteiger partial charge is 0.392 e. The minimum absolute atomic E-state index is 0.00146. The van der Waals surface area contributed by atoms with Crippen LogP contribution in [-0.4, -0.2) is 43.7 Å². The maximum Gasteiger partial charge on any atom is 0.240 e. The number of rotatable bonds is 12. The molecule has 0 radical (unpaired) electrons. The normalized spacial score (nSPS) is 23.3. The van der Waals surface area contributed by atoms with Gasteiger partial charge in [-0.1, -0.05) is 92.6 Å². The second-order valence-corrected chi connectivity index (χ2v) is 13.1. The van der Waals surface area contributed by atoms with Crippen molar-refractivity contribution < 1.29 is 23.0 Å². The van der Waals surface area contributed by atoms with Crippen molar-refractivity contribution in [3.05, 3.63) is 114 Å². The average molecular weight is 591 g/mol. The summed E-state index contributed by atoms with van der Waals surface area (Å²) in [5.41, 5.74) is 3.65. The molecule has 0 amide bonds. The Hall–Kier alpha value is -2.85. The third-order valence-corrected chi connectivity index (χ3v) is 9.93. The van der Waals surface area contributed by atoms with Crippen LogP contribution in [0.5, 0.6) is 0 Å². The number of nitrogens with one attached hydrogen (secondary N) is 1. The molecule has 0 unspecified atom stereocenters. The van der Waals surface area contributed by atoms with Crippen molar-refractivity contribution >= 4 is 10.0 Å². The summed E-state index contributed by atoms with van der Waals surface area (Å²) in [7, 11) is -3.60. The van der Waals surface area contributed by atoms with Crippen molar-refractivity contribution in [2.45, 2.75) is 75.2 Å². The van der Waals surface area contributed by atoms with Crippen molar-refractivity contribution in [3.8, 4) is 0 Å². The second-order valence-electron chi connectivity index (χ2n) is 11.4. The molecule has 1 aliphatic carbocycles. The standard InChI is InChI=1S/C34H42N2O5S/c1-3-21-36(30-9-7-8-10-30)23-32-25(2)33(28-17-15-27(24-37)16-18-28)41-34(40-32)29-19-13-26(14-20-29)22-35-42(38,39)31-11-5-4-6-12-31/h3-6,11-20,25,30,32-35,37H,1,7-10,21-24H2,2H3/t25-,32+,33+,34+/m1/s1. The Balaban J connectivity index is 1.34. The van der Waals surface area contributed by atoms with Crippen LogP contribution < -0.4 is 4.72 Å². The Bertz CT molecular complexity index is 1390. The van der Waals surface area contributed by atoms with Gasteiger partial charge in [-0.05, 0) is 41.7 Å². The summed E-state index contributed by atoms with van der Waals surface area (Å²) in [5, 5.41) is 9.54. The van der Waals surface area contributed by atoms with Crippen LogP contribution in [0.1, 0.15) is 67.3 Å². The van der Waals surface area contributed by atoms with Crippen LogP contribution in [0.3, 0.4) is 0 Å². The van der Waals surface area contributed by atoms with Crippen LogP contribution in [0.4, 0.5) is 0 Å². The molecule has 1 saturated heterocycles. The smallest absolute Gasteiger partial charge is 0.240 e. The number of hydrogen-bond donors (Lipinski definition) is 2. The van der Waals surface area contributed by atoms with Gasteiger partial charge in [0.05, 0.1) is 23.7 Å². The molecule has 7 nitrogen and oxygen atoms in total. The summed E-state index contributed by atoms with van der Waals surface area (Å²) in [6.45, 7) is 8.00. The first-order chi connectivity index (χ1) is 20.4. The molecular formula is C34H42N2O5S. The van der Waals surface area contributed by atoms with Crippen LogP contribution in [0.15, 0.2) is 96.4 Å². The number of aliphatic hydroxyl groups excluding tert-OH is 1. The molecule has 5 rings (SSSR count). The lowest BCUT2D eigenvalue weighted by Crippen LogP contribution is -2.47. The van der Waals surface area contributed by atoms with Gasteiger partial charge in [0.15, 0.2) is 6.29 Å². The van der Waals surface area contributed by atoms with Gasteiger partial charge in [-0.15, -0.1) is 6.58 Å². The molecular weight excluding hydrogens is 548 g/mol. The van der Waals surface area contributed by atoms with Gasteiger partial charge >= 0.3 is 0 Å². The van der Waals surface area contributed by atoms with Crippen LogP contribution in [0.25, 0.3) is 0 Å². The van der Waals surface area contributed by atoms with Crippen LogP contribution in [0, 0.1) is 5.92 Å². The SMILES string of the molecule is C=CCN(C[C@@H]1O[C@H](c2ccc(CNS(=O)(=O)c3ccccc3)cc2)O[C@H](c2ccc(CO)cc2)[C@@H]1C)C1CCCC1. The summed E-state index contributed by atoms with van der Waals surface area (Å²) < 4.78 is 41.3.